The molecule has 0 spiro atoms. The van der Waals surface area contributed by atoms with E-state index < -0.39 is 6.04 Å². The van der Waals surface area contributed by atoms with Crippen molar-refractivity contribution in [1.29, 1.82) is 0 Å². The molecule has 4 nitrogen and oxygen atoms in total. The van der Waals surface area contributed by atoms with Crippen LogP contribution in [0.15, 0.2) is 23.8 Å². The van der Waals surface area contributed by atoms with Crippen LogP contribution < -0.4 is 0 Å². The van der Waals surface area contributed by atoms with Gasteiger partial charge in [-0.25, -0.2) is 0 Å². The molecule has 0 saturated heterocycles. The lowest BCUT2D eigenvalue weighted by Gasteiger charge is -2.24. The fourth-order valence-electron chi connectivity index (χ4n) is 1.72. The van der Waals surface area contributed by atoms with Crippen LogP contribution in [-0.4, -0.2) is 34.5 Å². The maximum absolute atomic E-state index is 11.8. The van der Waals surface area contributed by atoms with E-state index >= 15 is 0 Å². The highest BCUT2D eigenvalue weighted by atomic mass is 16.3. The molecule has 1 N–H and O–H groups in total. The molecule has 88 valence electrons. The fraction of sp³-hybridized carbons (Fsp3) is 0.500. The highest BCUT2D eigenvalue weighted by Crippen LogP contribution is 2.23. The smallest absolute Gasteiger partial charge is 0.257 e. The normalized spacial score (nSPS) is 18.3. The number of nitrogens with zero attached hydrogens (tertiary/aromatic N) is 1. The molecular weight excluding hydrogens is 206 g/mol. The molecule has 1 aliphatic heterocycles. The first kappa shape index (κ1) is 12.6. The number of imide groups is 1. The predicted molar refractivity (Wildman–Crippen MR) is 60.5 cm³/mol. The van der Waals surface area contributed by atoms with E-state index in [4.69, 9.17) is 0 Å². The fourth-order valence-corrected chi connectivity index (χ4v) is 1.72. The number of carbonyl (C=O) groups is 2. The molecule has 0 fully saturated rings. The van der Waals surface area contributed by atoms with Crippen LogP contribution in [0.5, 0.6) is 0 Å². The Balaban J connectivity index is 2.85. The minimum Gasteiger partial charge on any atom is -0.394 e. The van der Waals surface area contributed by atoms with Gasteiger partial charge in [0.15, 0.2) is 0 Å². The molecule has 2 amide bonds. The van der Waals surface area contributed by atoms with Gasteiger partial charge in [0.25, 0.3) is 11.8 Å². The second-order valence-electron chi connectivity index (χ2n) is 3.93. The summed E-state index contributed by atoms with van der Waals surface area (Å²) in [6, 6.07) is -0.439. The zero-order valence-corrected chi connectivity index (χ0v) is 9.69. The van der Waals surface area contributed by atoms with E-state index in [0.29, 0.717) is 24.0 Å². The number of allylic oxidation sites excluding steroid dienone is 1. The van der Waals surface area contributed by atoms with Gasteiger partial charge in [-0.2, -0.15) is 0 Å². The maximum Gasteiger partial charge on any atom is 0.257 e. The lowest BCUT2D eigenvalue weighted by atomic mass is 10.1. The Labute approximate surface area is 95.2 Å². The van der Waals surface area contributed by atoms with Crippen molar-refractivity contribution in [3.05, 3.63) is 23.8 Å². The van der Waals surface area contributed by atoms with Gasteiger partial charge in [0, 0.05) is 11.1 Å². The van der Waals surface area contributed by atoms with Crippen LogP contribution in [-0.2, 0) is 9.59 Å². The molecule has 0 unspecified atom stereocenters. The van der Waals surface area contributed by atoms with Crippen LogP contribution in [0.3, 0.4) is 0 Å². The third-order valence-electron chi connectivity index (χ3n) is 2.92. The summed E-state index contributed by atoms with van der Waals surface area (Å²) < 4.78 is 0. The van der Waals surface area contributed by atoms with Gasteiger partial charge in [-0.1, -0.05) is 6.08 Å². The van der Waals surface area contributed by atoms with Crippen molar-refractivity contribution in [2.75, 3.05) is 6.61 Å². The number of rotatable bonds is 5. The molecule has 4 heteroatoms. The molecular formula is C12H17NO3. The van der Waals surface area contributed by atoms with Crippen LogP contribution in [0.4, 0.5) is 0 Å². The molecule has 0 aromatic carbocycles. The van der Waals surface area contributed by atoms with Gasteiger partial charge in [0.1, 0.15) is 0 Å². The minimum absolute atomic E-state index is 0.202. The summed E-state index contributed by atoms with van der Waals surface area (Å²) in [6.07, 6.45) is 2.93. The Bertz CT molecular complexity index is 333. The van der Waals surface area contributed by atoms with Crippen molar-refractivity contribution in [1.82, 2.24) is 4.90 Å². The molecule has 1 atom stereocenters. The van der Waals surface area contributed by atoms with Crippen LogP contribution in [0.1, 0.15) is 26.7 Å². The third-order valence-corrected chi connectivity index (χ3v) is 2.92. The molecule has 0 aromatic heterocycles. The average molecular weight is 223 g/mol. The highest BCUT2D eigenvalue weighted by molar-refractivity contribution is 6.18. The summed E-state index contributed by atoms with van der Waals surface area (Å²) in [7, 11) is 0. The van der Waals surface area contributed by atoms with Gasteiger partial charge < -0.3 is 5.11 Å². The topological polar surface area (TPSA) is 57.6 Å². The van der Waals surface area contributed by atoms with Crippen LogP contribution in [0.2, 0.25) is 0 Å². The van der Waals surface area contributed by atoms with E-state index in [2.05, 4.69) is 6.58 Å². The molecule has 1 rings (SSSR count). The lowest BCUT2D eigenvalue weighted by Crippen LogP contribution is -2.43. The van der Waals surface area contributed by atoms with E-state index in [-0.39, 0.29) is 18.4 Å². The van der Waals surface area contributed by atoms with Crippen LogP contribution in [0, 0.1) is 0 Å². The molecule has 0 bridgehead atoms. The second kappa shape index (κ2) is 5.07. The van der Waals surface area contributed by atoms with Gasteiger partial charge in [-0.15, -0.1) is 6.58 Å². The minimum atomic E-state index is -0.439. The first-order valence-electron chi connectivity index (χ1n) is 5.31. The summed E-state index contributed by atoms with van der Waals surface area (Å²) >= 11 is 0. The number of hydrogen-bond donors (Lipinski definition) is 1. The number of aliphatic hydroxyl groups excluding tert-OH is 1. The molecule has 0 aromatic rings. The number of carbonyl (C=O) groups excluding carboxylic acids is 2. The van der Waals surface area contributed by atoms with Crippen molar-refractivity contribution in [3.8, 4) is 0 Å². The Hall–Kier alpha value is -1.42. The van der Waals surface area contributed by atoms with Crippen molar-refractivity contribution in [3.63, 3.8) is 0 Å². The maximum atomic E-state index is 11.8. The van der Waals surface area contributed by atoms with E-state index in [1.54, 1.807) is 19.9 Å². The summed E-state index contributed by atoms with van der Waals surface area (Å²) in [5, 5.41) is 9.22. The van der Waals surface area contributed by atoms with Crippen LogP contribution in [0.25, 0.3) is 0 Å². The predicted octanol–water partition coefficient (Wildman–Crippen LogP) is 1.02. The number of amides is 2. The van der Waals surface area contributed by atoms with Crippen molar-refractivity contribution in [2.45, 2.75) is 32.7 Å². The molecule has 0 saturated carbocycles. The van der Waals surface area contributed by atoms with E-state index in [1.807, 2.05) is 0 Å². The lowest BCUT2D eigenvalue weighted by molar-refractivity contribution is -0.141. The van der Waals surface area contributed by atoms with Gasteiger partial charge in [0.2, 0.25) is 0 Å². The largest absolute Gasteiger partial charge is 0.394 e. The second-order valence-corrected chi connectivity index (χ2v) is 3.93. The van der Waals surface area contributed by atoms with Crippen LogP contribution >= 0.6 is 0 Å². The molecule has 1 aliphatic rings. The summed E-state index contributed by atoms with van der Waals surface area (Å²) in [5.74, 6) is -0.573. The Kier molecular flexibility index (Phi) is 4.01. The zero-order chi connectivity index (χ0) is 12.3. The first-order valence-corrected chi connectivity index (χ1v) is 5.31. The van der Waals surface area contributed by atoms with Gasteiger partial charge >= 0.3 is 0 Å². The van der Waals surface area contributed by atoms with Crippen molar-refractivity contribution < 1.29 is 14.7 Å². The zero-order valence-electron chi connectivity index (χ0n) is 9.69. The highest BCUT2D eigenvalue weighted by Gasteiger charge is 2.37. The van der Waals surface area contributed by atoms with Crippen molar-refractivity contribution in [2.24, 2.45) is 0 Å². The molecule has 16 heavy (non-hydrogen) atoms. The third kappa shape index (κ3) is 2.07. The Morgan fingerprint density at radius 1 is 1.31 bits per heavy atom. The number of aliphatic hydroxyl groups is 1. The molecule has 0 aliphatic carbocycles. The van der Waals surface area contributed by atoms with E-state index in [9.17, 15) is 14.7 Å². The first-order chi connectivity index (χ1) is 7.54. The monoisotopic (exact) mass is 223 g/mol. The van der Waals surface area contributed by atoms with E-state index in [0.717, 1.165) is 4.90 Å². The summed E-state index contributed by atoms with van der Waals surface area (Å²) in [4.78, 5) is 24.8. The van der Waals surface area contributed by atoms with Crippen molar-refractivity contribution >= 4 is 11.8 Å². The standard InChI is InChI=1S/C12H17NO3/c1-4-5-6-10(7-14)13-11(15)8(2)9(3)12(13)16/h4,10,14H,1,5-7H2,2-3H3/t10-/m1/s1. The summed E-state index contributed by atoms with van der Waals surface area (Å²) in [5.41, 5.74) is 0.948. The molecule has 1 heterocycles. The average Bonchev–Trinajstić information content (AvgIpc) is 2.47. The molecule has 0 radical (unpaired) electrons. The van der Waals surface area contributed by atoms with Gasteiger partial charge in [0.05, 0.1) is 12.6 Å². The Morgan fingerprint density at radius 3 is 2.19 bits per heavy atom. The number of hydrogen-bond acceptors (Lipinski definition) is 3. The van der Waals surface area contributed by atoms with Gasteiger partial charge in [-0.3, -0.25) is 14.5 Å². The quantitative estimate of drug-likeness (QED) is 0.559. The van der Waals surface area contributed by atoms with Gasteiger partial charge in [-0.05, 0) is 26.7 Å². The summed E-state index contributed by atoms with van der Waals surface area (Å²) in [6.45, 7) is 6.65. The van der Waals surface area contributed by atoms with E-state index in [1.165, 1.54) is 0 Å². The Morgan fingerprint density at radius 2 is 1.81 bits per heavy atom. The SMILES string of the molecule is C=CCC[C@H](CO)N1C(=O)C(C)=C(C)C1=O.